The third-order valence-electron chi connectivity index (χ3n) is 3.75. The number of carbonyl (C=O) groups excluding carboxylic acids is 1. The fraction of sp³-hybridized carbons (Fsp3) is 0.333. The lowest BCUT2D eigenvalue weighted by Gasteiger charge is -2.10. The number of nitriles is 1. The number of amides is 1. The molecule has 23 heavy (non-hydrogen) atoms. The van der Waals surface area contributed by atoms with Crippen molar-refractivity contribution in [2.45, 2.75) is 39.2 Å². The largest absolute Gasteiger partial charge is 0.491 e. The van der Waals surface area contributed by atoms with Gasteiger partial charge in [-0.3, -0.25) is 4.79 Å². The lowest BCUT2D eigenvalue weighted by Crippen LogP contribution is -2.12. The second-order valence-corrected chi connectivity index (χ2v) is 6.92. The first-order valence-electron chi connectivity index (χ1n) is 7.71. The van der Waals surface area contributed by atoms with E-state index in [2.05, 4.69) is 11.4 Å². The summed E-state index contributed by atoms with van der Waals surface area (Å²) in [6.45, 7) is 3.92. The molecule has 0 bridgehead atoms. The first-order valence-corrected chi connectivity index (χ1v) is 8.53. The third-order valence-corrected chi connectivity index (χ3v) is 4.96. The Hall–Kier alpha value is -2.32. The van der Waals surface area contributed by atoms with E-state index in [-0.39, 0.29) is 12.0 Å². The predicted octanol–water partition coefficient (Wildman–Crippen LogP) is 4.15. The quantitative estimate of drug-likeness (QED) is 0.918. The van der Waals surface area contributed by atoms with Gasteiger partial charge in [-0.25, -0.2) is 0 Å². The van der Waals surface area contributed by atoms with Gasteiger partial charge in [0, 0.05) is 10.4 Å². The van der Waals surface area contributed by atoms with Crippen molar-refractivity contribution in [3.05, 3.63) is 45.8 Å². The number of carbonyl (C=O) groups is 1. The van der Waals surface area contributed by atoms with Crippen molar-refractivity contribution in [1.29, 1.82) is 5.26 Å². The van der Waals surface area contributed by atoms with Gasteiger partial charge in [0.15, 0.2) is 0 Å². The lowest BCUT2D eigenvalue weighted by atomic mass is 10.1. The van der Waals surface area contributed by atoms with Gasteiger partial charge in [-0.1, -0.05) is 0 Å². The molecule has 0 saturated heterocycles. The van der Waals surface area contributed by atoms with E-state index in [0.717, 1.165) is 30.6 Å². The standard InChI is InChI=1S/C18H18N2O2S/c1-11(2)22-13-8-6-12(7-9-13)17(21)20-18-15(10-19)14-4-3-5-16(14)23-18/h6-9,11H,3-5H2,1-2H3,(H,20,21). The Morgan fingerprint density at radius 3 is 2.70 bits per heavy atom. The zero-order valence-electron chi connectivity index (χ0n) is 13.2. The molecule has 5 heteroatoms. The van der Waals surface area contributed by atoms with Crippen LogP contribution in [0.4, 0.5) is 5.00 Å². The molecule has 0 fully saturated rings. The monoisotopic (exact) mass is 326 g/mol. The van der Waals surface area contributed by atoms with E-state index in [4.69, 9.17) is 4.74 Å². The normalized spacial score (nSPS) is 12.8. The van der Waals surface area contributed by atoms with Crippen molar-refractivity contribution in [3.63, 3.8) is 0 Å². The van der Waals surface area contributed by atoms with Crippen molar-refractivity contribution < 1.29 is 9.53 Å². The summed E-state index contributed by atoms with van der Waals surface area (Å²) in [7, 11) is 0. The maximum absolute atomic E-state index is 12.4. The number of fused-ring (bicyclic) bond motifs is 1. The minimum absolute atomic E-state index is 0.0985. The molecule has 0 spiro atoms. The second-order valence-electron chi connectivity index (χ2n) is 5.82. The number of thiophene rings is 1. The van der Waals surface area contributed by atoms with Crippen molar-refractivity contribution in [3.8, 4) is 11.8 Å². The Kier molecular flexibility index (Phi) is 4.35. The molecule has 0 aliphatic heterocycles. The highest BCUT2D eigenvalue weighted by Crippen LogP contribution is 2.38. The number of aryl methyl sites for hydroxylation is 1. The third kappa shape index (κ3) is 3.22. The molecule has 118 valence electrons. The van der Waals surface area contributed by atoms with Gasteiger partial charge in [0.1, 0.15) is 16.8 Å². The number of anilines is 1. The highest BCUT2D eigenvalue weighted by atomic mass is 32.1. The highest BCUT2D eigenvalue weighted by molar-refractivity contribution is 7.16. The maximum atomic E-state index is 12.4. The van der Waals surface area contributed by atoms with Crippen LogP contribution >= 0.6 is 11.3 Å². The van der Waals surface area contributed by atoms with E-state index in [0.29, 0.717) is 16.1 Å². The summed E-state index contributed by atoms with van der Waals surface area (Å²) < 4.78 is 5.57. The molecule has 1 amide bonds. The summed E-state index contributed by atoms with van der Waals surface area (Å²) in [6, 6.07) is 9.28. The first kappa shape index (κ1) is 15.6. The van der Waals surface area contributed by atoms with Crippen LogP contribution in [0.25, 0.3) is 0 Å². The summed E-state index contributed by atoms with van der Waals surface area (Å²) >= 11 is 1.53. The van der Waals surface area contributed by atoms with Crippen molar-refractivity contribution >= 4 is 22.2 Å². The van der Waals surface area contributed by atoms with Crippen LogP contribution in [0.5, 0.6) is 5.75 Å². The van der Waals surface area contributed by atoms with Crippen molar-refractivity contribution in [2.24, 2.45) is 0 Å². The number of ether oxygens (including phenoxy) is 1. The zero-order valence-corrected chi connectivity index (χ0v) is 14.0. The van der Waals surface area contributed by atoms with Crippen LogP contribution in [0.15, 0.2) is 24.3 Å². The minimum Gasteiger partial charge on any atom is -0.491 e. The predicted molar refractivity (Wildman–Crippen MR) is 91.2 cm³/mol. The maximum Gasteiger partial charge on any atom is 0.256 e. The number of nitrogens with one attached hydrogen (secondary N) is 1. The Bertz CT molecular complexity index is 770. The van der Waals surface area contributed by atoms with Crippen LogP contribution in [0.3, 0.4) is 0 Å². The first-order chi connectivity index (χ1) is 11.1. The van der Waals surface area contributed by atoms with Crippen molar-refractivity contribution in [1.82, 2.24) is 0 Å². The van der Waals surface area contributed by atoms with E-state index in [1.807, 2.05) is 13.8 Å². The molecule has 0 atom stereocenters. The van der Waals surface area contributed by atoms with Gasteiger partial charge in [-0.15, -0.1) is 11.3 Å². The topological polar surface area (TPSA) is 62.1 Å². The number of rotatable bonds is 4. The van der Waals surface area contributed by atoms with Crippen LogP contribution < -0.4 is 10.1 Å². The molecule has 1 aliphatic rings. The Labute approximate surface area is 139 Å². The van der Waals surface area contributed by atoms with Crippen LogP contribution in [0, 0.1) is 11.3 Å². The number of hydrogen-bond acceptors (Lipinski definition) is 4. The molecule has 3 rings (SSSR count). The molecule has 0 unspecified atom stereocenters. The van der Waals surface area contributed by atoms with Crippen LogP contribution in [-0.4, -0.2) is 12.0 Å². The Morgan fingerprint density at radius 1 is 1.30 bits per heavy atom. The summed E-state index contributed by atoms with van der Waals surface area (Å²) in [6.07, 6.45) is 3.14. The molecule has 1 aromatic heterocycles. The van der Waals surface area contributed by atoms with Crippen LogP contribution in [0.2, 0.25) is 0 Å². The van der Waals surface area contributed by atoms with E-state index in [9.17, 15) is 10.1 Å². The van der Waals surface area contributed by atoms with E-state index >= 15 is 0 Å². The molecule has 1 aromatic carbocycles. The van der Waals surface area contributed by atoms with Gasteiger partial charge in [0.05, 0.1) is 11.7 Å². The number of hydrogen-bond donors (Lipinski definition) is 1. The van der Waals surface area contributed by atoms with Crippen LogP contribution in [0.1, 0.15) is 46.6 Å². The smallest absolute Gasteiger partial charge is 0.256 e. The molecule has 1 aliphatic carbocycles. The van der Waals surface area contributed by atoms with Gasteiger partial charge in [0.25, 0.3) is 5.91 Å². The molecule has 2 aromatic rings. The van der Waals surface area contributed by atoms with E-state index in [1.54, 1.807) is 24.3 Å². The molecule has 0 radical (unpaired) electrons. The lowest BCUT2D eigenvalue weighted by molar-refractivity contribution is 0.102. The highest BCUT2D eigenvalue weighted by Gasteiger charge is 2.23. The van der Waals surface area contributed by atoms with Crippen molar-refractivity contribution in [2.75, 3.05) is 5.32 Å². The summed E-state index contributed by atoms with van der Waals surface area (Å²) in [4.78, 5) is 13.6. The fourth-order valence-electron chi connectivity index (χ4n) is 2.74. The Balaban J connectivity index is 1.76. The SMILES string of the molecule is CC(C)Oc1ccc(C(=O)Nc2sc3c(c2C#N)CCC3)cc1. The number of nitrogens with zero attached hydrogens (tertiary/aromatic N) is 1. The minimum atomic E-state index is -0.197. The molecular weight excluding hydrogens is 308 g/mol. The summed E-state index contributed by atoms with van der Waals surface area (Å²) in [5.41, 5.74) is 2.31. The molecular formula is C18H18N2O2S. The van der Waals surface area contributed by atoms with E-state index < -0.39 is 0 Å². The van der Waals surface area contributed by atoms with Gasteiger partial charge in [-0.2, -0.15) is 5.26 Å². The summed E-state index contributed by atoms with van der Waals surface area (Å²) in [5, 5.41) is 12.9. The molecule has 1 N–H and O–H groups in total. The fourth-order valence-corrected chi connectivity index (χ4v) is 3.98. The number of benzene rings is 1. The van der Waals surface area contributed by atoms with Gasteiger partial charge >= 0.3 is 0 Å². The molecule has 0 saturated carbocycles. The Morgan fingerprint density at radius 2 is 2.04 bits per heavy atom. The molecule has 1 heterocycles. The van der Waals surface area contributed by atoms with Gasteiger partial charge in [-0.05, 0) is 62.9 Å². The average molecular weight is 326 g/mol. The van der Waals surface area contributed by atoms with Gasteiger partial charge < -0.3 is 10.1 Å². The molecule has 4 nitrogen and oxygen atoms in total. The zero-order chi connectivity index (χ0) is 16.4. The summed E-state index contributed by atoms with van der Waals surface area (Å²) in [5.74, 6) is 0.543. The van der Waals surface area contributed by atoms with E-state index in [1.165, 1.54) is 16.2 Å². The van der Waals surface area contributed by atoms with Crippen LogP contribution in [-0.2, 0) is 12.8 Å². The van der Waals surface area contributed by atoms with Gasteiger partial charge in [0.2, 0.25) is 0 Å². The average Bonchev–Trinajstić information content (AvgIpc) is 3.07. The second kappa shape index (κ2) is 6.43.